The molecule has 1 fully saturated rings. The van der Waals surface area contributed by atoms with Crippen molar-refractivity contribution < 1.29 is 18.1 Å². The Bertz CT molecular complexity index is 815. The van der Waals surface area contributed by atoms with Crippen LogP contribution in [0.3, 0.4) is 0 Å². The van der Waals surface area contributed by atoms with E-state index in [4.69, 9.17) is 0 Å². The number of nitrogens with one attached hydrogen (secondary N) is 1. The second kappa shape index (κ2) is 8.22. The molecule has 0 spiro atoms. The molecule has 1 aliphatic heterocycles. The van der Waals surface area contributed by atoms with E-state index >= 15 is 0 Å². The van der Waals surface area contributed by atoms with Crippen molar-refractivity contribution in [1.29, 1.82) is 0 Å². The number of sulfonamides is 1. The first-order chi connectivity index (χ1) is 12.5. The molecule has 150 valence electrons. The fourth-order valence-corrected chi connectivity index (χ4v) is 4.95. The third-order valence-electron chi connectivity index (χ3n) is 4.57. The first-order valence-electron chi connectivity index (χ1n) is 8.75. The van der Waals surface area contributed by atoms with Crippen LogP contribution in [0.4, 0.5) is 11.4 Å². The Balaban J connectivity index is 2.31. The number of hydrogen-bond donors (Lipinski definition) is 1. The number of rotatable bonds is 6. The molecule has 1 aromatic rings. The van der Waals surface area contributed by atoms with Crippen molar-refractivity contribution in [3.8, 4) is 0 Å². The molecule has 2 rings (SSSR count). The molecule has 0 saturated carbocycles. The molecule has 27 heavy (non-hydrogen) atoms. The fraction of sp³-hybridized carbons (Fsp3) is 0.588. The van der Waals surface area contributed by atoms with Gasteiger partial charge in [-0.1, -0.05) is 13.8 Å². The highest BCUT2D eigenvalue weighted by Crippen LogP contribution is 2.31. The van der Waals surface area contributed by atoms with Gasteiger partial charge in [0.05, 0.1) is 16.4 Å². The van der Waals surface area contributed by atoms with Gasteiger partial charge in [0, 0.05) is 33.3 Å². The van der Waals surface area contributed by atoms with E-state index in [0.29, 0.717) is 13.1 Å². The summed E-state index contributed by atoms with van der Waals surface area (Å²) in [5.74, 6) is 0.213. The summed E-state index contributed by atoms with van der Waals surface area (Å²) in [6.45, 7) is 4.67. The summed E-state index contributed by atoms with van der Waals surface area (Å²) in [6.07, 6.45) is 0.953. The Morgan fingerprint density at radius 3 is 2.41 bits per heavy atom. The molecule has 0 aliphatic carbocycles. The molecule has 1 aromatic carbocycles. The van der Waals surface area contributed by atoms with E-state index in [1.54, 1.807) is 14.1 Å². The van der Waals surface area contributed by atoms with Crippen molar-refractivity contribution in [1.82, 2.24) is 9.21 Å². The maximum atomic E-state index is 12.9. The topological polar surface area (TPSA) is 113 Å². The van der Waals surface area contributed by atoms with Gasteiger partial charge in [-0.2, -0.15) is 4.31 Å². The van der Waals surface area contributed by atoms with Gasteiger partial charge >= 0.3 is 0 Å². The lowest BCUT2D eigenvalue weighted by Gasteiger charge is -2.34. The molecule has 0 radical (unpaired) electrons. The van der Waals surface area contributed by atoms with Crippen LogP contribution in [0.25, 0.3) is 0 Å². The molecular formula is C17H26N4O5S. The van der Waals surface area contributed by atoms with Crippen LogP contribution in [-0.2, 0) is 14.8 Å². The van der Waals surface area contributed by atoms with Crippen molar-refractivity contribution in [2.75, 3.05) is 39.0 Å². The van der Waals surface area contributed by atoms with E-state index < -0.39 is 14.9 Å². The van der Waals surface area contributed by atoms with Crippen molar-refractivity contribution in [3.63, 3.8) is 0 Å². The maximum absolute atomic E-state index is 12.9. The molecule has 1 heterocycles. The largest absolute Gasteiger partial charge is 0.371 e. The summed E-state index contributed by atoms with van der Waals surface area (Å²) >= 11 is 0. The third-order valence-corrected chi connectivity index (χ3v) is 6.40. The Labute approximate surface area is 159 Å². The Morgan fingerprint density at radius 1 is 1.30 bits per heavy atom. The number of anilines is 1. The van der Waals surface area contributed by atoms with Crippen LogP contribution in [0.2, 0.25) is 0 Å². The number of carbonyl (C=O) groups excluding carboxylic acids is 1. The lowest BCUT2D eigenvalue weighted by Crippen LogP contribution is -2.42. The highest BCUT2D eigenvalue weighted by molar-refractivity contribution is 7.89. The Morgan fingerprint density at radius 2 is 1.89 bits per heavy atom. The van der Waals surface area contributed by atoms with Gasteiger partial charge in [-0.25, -0.2) is 8.42 Å². The van der Waals surface area contributed by atoms with Crippen LogP contribution in [0.1, 0.15) is 20.3 Å². The highest BCUT2D eigenvalue weighted by atomic mass is 32.2. The van der Waals surface area contributed by atoms with Crippen molar-refractivity contribution in [2.24, 2.45) is 11.8 Å². The van der Waals surface area contributed by atoms with E-state index in [-0.39, 0.29) is 40.6 Å². The second-order valence-corrected chi connectivity index (χ2v) is 9.28. The summed E-state index contributed by atoms with van der Waals surface area (Å²) in [6, 6.07) is 3.74. The van der Waals surface area contributed by atoms with Crippen molar-refractivity contribution in [3.05, 3.63) is 28.3 Å². The molecule has 9 nitrogen and oxygen atoms in total. The average molecular weight is 398 g/mol. The second-order valence-electron chi connectivity index (χ2n) is 7.35. The van der Waals surface area contributed by atoms with Crippen LogP contribution < -0.4 is 5.32 Å². The Hall–Kier alpha value is -2.20. The zero-order valence-corrected chi connectivity index (χ0v) is 16.8. The molecule has 1 amide bonds. The number of piperidine rings is 1. The van der Waals surface area contributed by atoms with Gasteiger partial charge in [0.25, 0.3) is 5.69 Å². The monoisotopic (exact) mass is 398 g/mol. The highest BCUT2D eigenvalue weighted by Gasteiger charge is 2.33. The number of likely N-dealkylation sites (N-methyl/N-ethyl adjacent to an activating group) is 1. The number of nitrogens with zero attached hydrogens (tertiary/aromatic N) is 3. The molecule has 0 unspecified atom stereocenters. The summed E-state index contributed by atoms with van der Waals surface area (Å²) in [5, 5.41) is 14.1. The van der Waals surface area contributed by atoms with Crippen LogP contribution in [0.15, 0.2) is 23.1 Å². The number of hydrogen-bond acceptors (Lipinski definition) is 6. The van der Waals surface area contributed by atoms with Crippen LogP contribution in [0.5, 0.6) is 0 Å². The number of benzene rings is 1. The van der Waals surface area contributed by atoms with Crippen LogP contribution >= 0.6 is 0 Å². The summed E-state index contributed by atoms with van der Waals surface area (Å²) in [7, 11) is -0.663. The minimum atomic E-state index is -3.82. The van der Waals surface area contributed by atoms with E-state index in [1.807, 2.05) is 13.8 Å². The lowest BCUT2D eigenvalue weighted by atomic mass is 9.94. The minimum Gasteiger partial charge on any atom is -0.371 e. The molecular weight excluding hydrogens is 372 g/mol. The van der Waals surface area contributed by atoms with E-state index in [2.05, 4.69) is 5.32 Å². The number of amides is 1. The molecule has 1 N–H and O–H groups in total. The quantitative estimate of drug-likeness (QED) is 0.577. The van der Waals surface area contributed by atoms with Crippen LogP contribution in [-0.4, -0.2) is 62.2 Å². The Kier molecular flexibility index (Phi) is 6.42. The predicted octanol–water partition coefficient (Wildman–Crippen LogP) is 1.76. The SMILES string of the molecule is C[C@@H]1C[C@@H](C)CN(S(=O)(=O)c2ccc(NCC(=O)N(C)C)c([N+](=O)[O-])c2)C1. The first-order valence-corrected chi connectivity index (χ1v) is 10.2. The standard InChI is InChI=1S/C17H26N4O5S/c1-12-7-13(2)11-20(10-12)27(25,26)14-5-6-15(16(8-14)21(23)24)18-9-17(22)19(3)4/h5-6,8,12-13,18H,7,9-11H2,1-4H3/t12-,13-/m1/s1. The third kappa shape index (κ3) is 4.95. The van der Waals surface area contributed by atoms with E-state index in [0.717, 1.165) is 12.5 Å². The average Bonchev–Trinajstić information content (AvgIpc) is 2.58. The van der Waals surface area contributed by atoms with Crippen molar-refractivity contribution in [2.45, 2.75) is 25.2 Å². The number of carbonyl (C=O) groups is 1. The van der Waals surface area contributed by atoms with E-state index in [1.165, 1.54) is 21.3 Å². The molecule has 0 bridgehead atoms. The van der Waals surface area contributed by atoms with Crippen LogP contribution in [0, 0.1) is 22.0 Å². The zero-order valence-electron chi connectivity index (χ0n) is 16.0. The first kappa shape index (κ1) is 21.1. The van der Waals surface area contributed by atoms with Gasteiger partial charge in [-0.15, -0.1) is 0 Å². The smallest absolute Gasteiger partial charge is 0.293 e. The zero-order chi connectivity index (χ0) is 20.4. The fourth-order valence-electron chi connectivity index (χ4n) is 3.25. The van der Waals surface area contributed by atoms with Gasteiger partial charge < -0.3 is 10.2 Å². The van der Waals surface area contributed by atoms with E-state index in [9.17, 15) is 23.3 Å². The molecule has 10 heteroatoms. The van der Waals surface area contributed by atoms with Gasteiger partial charge in [0.2, 0.25) is 15.9 Å². The molecule has 1 aliphatic rings. The predicted molar refractivity (Wildman–Crippen MR) is 102 cm³/mol. The lowest BCUT2D eigenvalue weighted by molar-refractivity contribution is -0.384. The molecule has 2 atom stereocenters. The molecule has 1 saturated heterocycles. The summed E-state index contributed by atoms with van der Waals surface area (Å²) in [5.41, 5.74) is -0.268. The van der Waals surface area contributed by atoms with Gasteiger partial charge in [-0.05, 0) is 30.4 Å². The van der Waals surface area contributed by atoms with Crippen molar-refractivity contribution >= 4 is 27.3 Å². The number of nitro groups is 1. The van der Waals surface area contributed by atoms with Gasteiger partial charge in [0.15, 0.2) is 0 Å². The number of nitro benzene ring substituents is 1. The maximum Gasteiger partial charge on any atom is 0.293 e. The summed E-state index contributed by atoms with van der Waals surface area (Å²) < 4.78 is 27.3. The van der Waals surface area contributed by atoms with Gasteiger partial charge in [0.1, 0.15) is 5.69 Å². The molecule has 0 aromatic heterocycles. The summed E-state index contributed by atoms with van der Waals surface area (Å²) in [4.78, 5) is 23.7. The normalized spacial score (nSPS) is 20.9. The van der Waals surface area contributed by atoms with Gasteiger partial charge in [-0.3, -0.25) is 14.9 Å². The minimum absolute atomic E-state index is 0.106.